The fraction of sp³-hybridized carbons (Fsp3) is 0. The van der Waals surface area contributed by atoms with E-state index in [-0.39, 0.29) is 0 Å². The van der Waals surface area contributed by atoms with Gasteiger partial charge in [-0.15, -0.1) is 0 Å². The van der Waals surface area contributed by atoms with E-state index in [4.69, 9.17) is 0 Å². The van der Waals surface area contributed by atoms with Crippen molar-refractivity contribution in [2.45, 2.75) is 0 Å². The van der Waals surface area contributed by atoms with Crippen molar-refractivity contribution in [3.63, 3.8) is 0 Å². The van der Waals surface area contributed by atoms with Crippen molar-refractivity contribution < 1.29 is 0 Å². The Balaban J connectivity index is 1.30. The van der Waals surface area contributed by atoms with Gasteiger partial charge in [0.15, 0.2) is 0 Å². The number of para-hydroxylation sites is 2. The number of hydrogen-bond donors (Lipinski definition) is 0. The highest BCUT2D eigenvalue weighted by Crippen LogP contribution is 2.37. The van der Waals surface area contributed by atoms with E-state index in [2.05, 4.69) is 131 Å². The number of rotatable bonds is 4. The molecular formula is C39H25N3. The Hall–Kier alpha value is -5.85. The van der Waals surface area contributed by atoms with Gasteiger partial charge >= 0.3 is 0 Å². The van der Waals surface area contributed by atoms with Gasteiger partial charge in [0.1, 0.15) is 0 Å². The summed E-state index contributed by atoms with van der Waals surface area (Å²) in [5.41, 5.74) is 10.9. The van der Waals surface area contributed by atoms with Crippen LogP contribution in [-0.4, -0.2) is 9.13 Å². The molecule has 0 spiro atoms. The van der Waals surface area contributed by atoms with Crippen molar-refractivity contribution in [2.24, 2.45) is 0 Å². The molecule has 0 aliphatic rings. The summed E-state index contributed by atoms with van der Waals surface area (Å²) < 4.78 is 4.52. The van der Waals surface area contributed by atoms with Crippen LogP contribution >= 0.6 is 0 Å². The lowest BCUT2D eigenvalue weighted by Gasteiger charge is -2.11. The van der Waals surface area contributed by atoms with E-state index in [1.54, 1.807) is 0 Å². The smallest absolute Gasteiger partial charge is 0.0991 e. The first-order chi connectivity index (χ1) is 20.7. The summed E-state index contributed by atoms with van der Waals surface area (Å²) in [4.78, 5) is 0. The number of nitriles is 1. The lowest BCUT2D eigenvalue weighted by molar-refractivity contribution is 1.18. The normalized spacial score (nSPS) is 11.4. The maximum absolute atomic E-state index is 9.34. The predicted molar refractivity (Wildman–Crippen MR) is 176 cm³/mol. The highest BCUT2D eigenvalue weighted by atomic mass is 15.0. The Morgan fingerprint density at radius 2 is 1.12 bits per heavy atom. The molecule has 0 aliphatic heterocycles. The molecule has 0 fully saturated rings. The van der Waals surface area contributed by atoms with Crippen molar-refractivity contribution in [2.75, 3.05) is 0 Å². The molecule has 0 atom stereocenters. The summed E-state index contributed by atoms with van der Waals surface area (Å²) in [7, 11) is 0. The van der Waals surface area contributed by atoms with E-state index >= 15 is 0 Å². The van der Waals surface area contributed by atoms with Gasteiger partial charge in [-0.1, -0.05) is 85.4 Å². The second kappa shape index (κ2) is 9.37. The average Bonchev–Trinajstić information content (AvgIpc) is 3.56. The summed E-state index contributed by atoms with van der Waals surface area (Å²) >= 11 is 0. The zero-order valence-corrected chi connectivity index (χ0v) is 22.8. The van der Waals surface area contributed by atoms with Crippen LogP contribution in [0.3, 0.4) is 0 Å². The molecule has 3 heteroatoms. The molecule has 8 aromatic rings. The largest absolute Gasteiger partial charge is 0.317 e. The minimum atomic E-state index is 0.666. The molecule has 0 amide bonds. The van der Waals surface area contributed by atoms with Gasteiger partial charge in [-0.05, 0) is 76.9 Å². The molecular weight excluding hydrogens is 510 g/mol. The lowest BCUT2D eigenvalue weighted by Crippen LogP contribution is -1.94. The number of hydrogen-bond acceptors (Lipinski definition) is 1. The molecule has 0 aliphatic carbocycles. The van der Waals surface area contributed by atoms with Gasteiger partial charge in [0.25, 0.3) is 0 Å². The van der Waals surface area contributed by atoms with E-state index in [0.717, 1.165) is 27.8 Å². The number of nitrogens with zero attached hydrogens (tertiary/aromatic N) is 3. The summed E-state index contributed by atoms with van der Waals surface area (Å²) in [6.45, 7) is 4.06. The van der Waals surface area contributed by atoms with Gasteiger partial charge in [0.05, 0.1) is 33.7 Å². The Morgan fingerprint density at radius 3 is 1.90 bits per heavy atom. The maximum Gasteiger partial charge on any atom is 0.0991 e. The van der Waals surface area contributed by atoms with Crippen LogP contribution in [0.5, 0.6) is 0 Å². The van der Waals surface area contributed by atoms with Crippen molar-refractivity contribution in [1.29, 1.82) is 5.26 Å². The summed E-state index contributed by atoms with van der Waals surface area (Å²) in [6, 6.07) is 49.2. The molecule has 0 saturated heterocycles. The van der Waals surface area contributed by atoms with Crippen LogP contribution in [0.2, 0.25) is 0 Å². The molecule has 42 heavy (non-hydrogen) atoms. The summed E-state index contributed by atoms with van der Waals surface area (Å²) in [5.74, 6) is 0. The second-order valence-corrected chi connectivity index (χ2v) is 10.6. The van der Waals surface area contributed by atoms with Gasteiger partial charge in [-0.3, -0.25) is 0 Å². The van der Waals surface area contributed by atoms with Crippen LogP contribution in [0.1, 0.15) is 5.56 Å². The zero-order valence-electron chi connectivity index (χ0n) is 22.8. The lowest BCUT2D eigenvalue weighted by atomic mass is 10.0. The van der Waals surface area contributed by atoms with E-state index in [1.165, 1.54) is 43.7 Å². The fourth-order valence-electron chi connectivity index (χ4n) is 6.38. The quantitative estimate of drug-likeness (QED) is 0.221. The zero-order chi connectivity index (χ0) is 28.2. The predicted octanol–water partition coefficient (Wildman–Crippen LogP) is 10.2. The molecule has 3 nitrogen and oxygen atoms in total. The third-order valence-corrected chi connectivity index (χ3v) is 8.35. The number of fused-ring (bicyclic) bond motifs is 6. The van der Waals surface area contributed by atoms with E-state index in [9.17, 15) is 5.26 Å². The summed E-state index contributed by atoms with van der Waals surface area (Å²) in [6.07, 6.45) is 1.89. The average molecular weight is 536 g/mol. The number of benzene rings is 6. The molecule has 0 bridgehead atoms. The monoisotopic (exact) mass is 535 g/mol. The maximum atomic E-state index is 9.34. The van der Waals surface area contributed by atoms with Crippen LogP contribution in [0.15, 0.2) is 140 Å². The third-order valence-electron chi connectivity index (χ3n) is 8.35. The van der Waals surface area contributed by atoms with Crippen molar-refractivity contribution in [1.82, 2.24) is 9.13 Å². The van der Waals surface area contributed by atoms with E-state index < -0.39 is 0 Å². The van der Waals surface area contributed by atoms with Crippen molar-refractivity contribution in [3.8, 4) is 34.0 Å². The van der Waals surface area contributed by atoms with E-state index in [0.29, 0.717) is 5.56 Å². The highest BCUT2D eigenvalue weighted by molar-refractivity contribution is 6.12. The van der Waals surface area contributed by atoms with Gasteiger partial charge in [-0.2, -0.15) is 5.26 Å². The molecule has 196 valence electrons. The number of aromatic nitrogens is 2. The topological polar surface area (TPSA) is 33.6 Å². The van der Waals surface area contributed by atoms with Gasteiger partial charge in [0, 0.05) is 33.4 Å². The SMILES string of the molecule is C=Cn1c2ccccc2c2cc(-c3ccc4c5ccccc5n(-c5ccc(-c6cccc(C#N)c6)cc5)c4c3)ccc21. The summed E-state index contributed by atoms with van der Waals surface area (Å²) in [5, 5.41) is 14.2. The first-order valence-corrected chi connectivity index (χ1v) is 14.0. The van der Waals surface area contributed by atoms with Gasteiger partial charge in [-0.25, -0.2) is 0 Å². The van der Waals surface area contributed by atoms with Crippen LogP contribution in [0.4, 0.5) is 0 Å². The fourth-order valence-corrected chi connectivity index (χ4v) is 6.38. The molecule has 0 unspecified atom stereocenters. The molecule has 8 rings (SSSR count). The minimum absolute atomic E-state index is 0.666. The van der Waals surface area contributed by atoms with Gasteiger partial charge in [0.2, 0.25) is 0 Å². The van der Waals surface area contributed by atoms with E-state index in [1.807, 2.05) is 30.5 Å². The molecule has 0 N–H and O–H groups in total. The van der Waals surface area contributed by atoms with Crippen LogP contribution in [-0.2, 0) is 0 Å². The third kappa shape index (κ3) is 3.60. The first kappa shape index (κ1) is 24.0. The molecule has 6 aromatic carbocycles. The van der Waals surface area contributed by atoms with Gasteiger partial charge < -0.3 is 9.13 Å². The second-order valence-electron chi connectivity index (χ2n) is 10.6. The molecule has 2 heterocycles. The molecule has 0 radical (unpaired) electrons. The van der Waals surface area contributed by atoms with Crippen LogP contribution < -0.4 is 0 Å². The van der Waals surface area contributed by atoms with Crippen LogP contribution in [0, 0.1) is 11.3 Å². The Bertz CT molecular complexity index is 2380. The molecule has 2 aromatic heterocycles. The Kier molecular flexibility index (Phi) is 5.35. The van der Waals surface area contributed by atoms with Crippen molar-refractivity contribution >= 4 is 49.8 Å². The minimum Gasteiger partial charge on any atom is -0.317 e. The first-order valence-electron chi connectivity index (χ1n) is 14.0. The highest BCUT2D eigenvalue weighted by Gasteiger charge is 2.15. The standard InChI is InChI=1S/C39H25N3/c1-2-41-36-12-5-3-11-33(36)35-23-29(17-21-37(35)41)30-16-20-34-32-10-4-6-13-38(32)42(39(34)24-30)31-18-14-27(15-19-31)28-9-7-8-26(22-28)25-40/h2-24H,1H2. The van der Waals surface area contributed by atoms with Crippen molar-refractivity contribution in [3.05, 3.63) is 146 Å². The van der Waals surface area contributed by atoms with Crippen LogP contribution in [0.25, 0.3) is 77.8 Å². The Morgan fingerprint density at radius 1 is 0.500 bits per heavy atom. The molecule has 0 saturated carbocycles. The Labute approximate surface area is 243 Å².